The molecule has 2 unspecified atom stereocenters. The lowest BCUT2D eigenvalue weighted by molar-refractivity contribution is -0.141. The van der Waals surface area contributed by atoms with Crippen molar-refractivity contribution in [3.63, 3.8) is 0 Å². The Kier molecular flexibility index (Phi) is 7.59. The number of halogens is 5. The van der Waals surface area contributed by atoms with Gasteiger partial charge in [-0.1, -0.05) is 35.3 Å². The number of morpholine rings is 1. The normalized spacial score (nSPS) is 23.7. The maximum Gasteiger partial charge on any atom is 0.416 e. The first-order valence-electron chi connectivity index (χ1n) is 10.7. The highest BCUT2D eigenvalue weighted by molar-refractivity contribution is 6.36. The molecule has 0 saturated carbocycles. The van der Waals surface area contributed by atoms with Gasteiger partial charge in [0.2, 0.25) is 0 Å². The molecule has 2 saturated heterocycles. The van der Waals surface area contributed by atoms with Crippen molar-refractivity contribution in [3.05, 3.63) is 63.1 Å². The molecule has 184 valence electrons. The minimum atomic E-state index is -4.54. The van der Waals surface area contributed by atoms with E-state index < -0.39 is 23.8 Å². The van der Waals surface area contributed by atoms with Gasteiger partial charge in [-0.2, -0.15) is 13.2 Å². The largest absolute Gasteiger partial charge is 0.489 e. The fourth-order valence-corrected chi connectivity index (χ4v) is 4.94. The molecule has 4 rings (SSSR count). The molecule has 2 aliphatic rings. The van der Waals surface area contributed by atoms with Gasteiger partial charge in [-0.05, 0) is 42.8 Å². The number of nitrogens with zero attached hydrogens (tertiary/aromatic N) is 1. The number of hydrogen-bond donors (Lipinski definition) is 2. The number of nitrogens with one attached hydrogen (secondary N) is 1. The second-order valence-electron chi connectivity index (χ2n) is 8.25. The first-order chi connectivity index (χ1) is 16.1. The second-order valence-corrected chi connectivity index (χ2v) is 9.07. The number of ether oxygens (including phenoxy) is 2. The summed E-state index contributed by atoms with van der Waals surface area (Å²) >= 11 is 12.0. The Hall–Kier alpha value is -2.04. The SMILES string of the molecule is O=C(O)[C@H]1NCCC1N1CCOC(c2ccc(OCc3c(Cl)cc(C(F)(F)F)cc3Cl)cc2)C1. The molecule has 3 atom stereocenters. The van der Waals surface area contributed by atoms with Crippen molar-refractivity contribution in [1.29, 1.82) is 0 Å². The van der Waals surface area contributed by atoms with Crippen molar-refractivity contribution in [2.75, 3.05) is 26.2 Å². The molecule has 0 spiro atoms. The van der Waals surface area contributed by atoms with Crippen LogP contribution in [-0.2, 0) is 22.3 Å². The third kappa shape index (κ3) is 5.60. The lowest BCUT2D eigenvalue weighted by Crippen LogP contribution is -2.52. The Labute approximate surface area is 204 Å². The molecular formula is C23H23Cl2F3N2O4. The Morgan fingerprint density at radius 2 is 1.88 bits per heavy atom. The minimum Gasteiger partial charge on any atom is -0.489 e. The summed E-state index contributed by atoms with van der Waals surface area (Å²) in [5.41, 5.74) is 0.269. The van der Waals surface area contributed by atoms with Crippen LogP contribution in [0.4, 0.5) is 13.2 Å². The summed E-state index contributed by atoms with van der Waals surface area (Å²) in [4.78, 5) is 13.7. The van der Waals surface area contributed by atoms with Crippen molar-refractivity contribution in [2.24, 2.45) is 0 Å². The Bertz CT molecular complexity index is 1010. The number of alkyl halides is 3. The summed E-state index contributed by atoms with van der Waals surface area (Å²) in [5, 5.41) is 12.2. The molecule has 34 heavy (non-hydrogen) atoms. The number of carboxylic acid groups (broad SMARTS) is 1. The number of carbonyl (C=O) groups is 1. The zero-order valence-corrected chi connectivity index (χ0v) is 19.5. The quantitative estimate of drug-likeness (QED) is 0.573. The van der Waals surface area contributed by atoms with E-state index in [1.807, 2.05) is 12.1 Å². The van der Waals surface area contributed by atoms with E-state index in [1.54, 1.807) is 12.1 Å². The van der Waals surface area contributed by atoms with Crippen LogP contribution in [0.15, 0.2) is 36.4 Å². The smallest absolute Gasteiger partial charge is 0.416 e. The van der Waals surface area contributed by atoms with Crippen LogP contribution < -0.4 is 10.1 Å². The number of aliphatic carboxylic acids is 1. The number of carboxylic acids is 1. The van der Waals surface area contributed by atoms with E-state index in [0.29, 0.717) is 32.0 Å². The van der Waals surface area contributed by atoms with Gasteiger partial charge in [0.15, 0.2) is 0 Å². The highest BCUT2D eigenvalue weighted by Gasteiger charge is 2.39. The third-order valence-electron chi connectivity index (χ3n) is 6.13. The van der Waals surface area contributed by atoms with E-state index in [2.05, 4.69) is 10.2 Å². The standard InChI is InChI=1S/C23H23Cl2F3N2O4/c24-17-9-14(23(26,27)28)10-18(25)16(17)12-34-15-3-1-13(2-4-15)20-11-30(7-8-33-20)19-5-6-29-21(19)22(31)32/h1-4,9-10,19-21,29H,5-8,11-12H2,(H,31,32)/t19?,20?,21-/m0/s1. The van der Waals surface area contributed by atoms with Crippen molar-refractivity contribution in [3.8, 4) is 5.75 Å². The summed E-state index contributed by atoms with van der Waals surface area (Å²) in [6.07, 6.45) is -3.98. The highest BCUT2D eigenvalue weighted by Crippen LogP contribution is 2.36. The van der Waals surface area contributed by atoms with Crippen molar-refractivity contribution in [2.45, 2.75) is 37.4 Å². The predicted octanol–water partition coefficient (Wildman–Crippen LogP) is 4.78. The molecule has 0 bridgehead atoms. The molecule has 2 N–H and O–H groups in total. The van der Waals surface area contributed by atoms with Gasteiger partial charge in [0.05, 0.1) is 18.3 Å². The lowest BCUT2D eigenvalue weighted by atomic mass is 10.0. The summed E-state index contributed by atoms with van der Waals surface area (Å²) < 4.78 is 50.3. The fourth-order valence-electron chi connectivity index (χ4n) is 4.35. The topological polar surface area (TPSA) is 71.0 Å². The van der Waals surface area contributed by atoms with Gasteiger partial charge in [0, 0.05) is 34.7 Å². The zero-order valence-electron chi connectivity index (χ0n) is 17.9. The van der Waals surface area contributed by atoms with Crippen LogP contribution in [0.3, 0.4) is 0 Å². The molecule has 2 aliphatic heterocycles. The lowest BCUT2D eigenvalue weighted by Gasteiger charge is -2.38. The molecule has 0 radical (unpaired) electrons. The molecule has 0 amide bonds. The van der Waals surface area contributed by atoms with Crippen LogP contribution in [0.5, 0.6) is 5.75 Å². The molecule has 2 aromatic rings. The monoisotopic (exact) mass is 518 g/mol. The van der Waals surface area contributed by atoms with Crippen LogP contribution in [0.25, 0.3) is 0 Å². The van der Waals surface area contributed by atoms with Gasteiger partial charge in [-0.15, -0.1) is 0 Å². The third-order valence-corrected chi connectivity index (χ3v) is 6.80. The van der Waals surface area contributed by atoms with Crippen molar-refractivity contribution >= 4 is 29.2 Å². The molecule has 6 nitrogen and oxygen atoms in total. The maximum atomic E-state index is 12.9. The van der Waals surface area contributed by atoms with Gasteiger partial charge < -0.3 is 19.9 Å². The van der Waals surface area contributed by atoms with Gasteiger partial charge >= 0.3 is 12.1 Å². The number of benzene rings is 2. The Balaban J connectivity index is 1.38. The fraction of sp³-hybridized carbons (Fsp3) is 0.435. The molecule has 2 fully saturated rings. The van der Waals surface area contributed by atoms with Crippen LogP contribution >= 0.6 is 23.2 Å². The van der Waals surface area contributed by atoms with Gasteiger partial charge in [0.25, 0.3) is 0 Å². The van der Waals surface area contributed by atoms with E-state index in [4.69, 9.17) is 32.7 Å². The van der Waals surface area contributed by atoms with Crippen LogP contribution in [0.1, 0.15) is 29.2 Å². The first-order valence-corrected chi connectivity index (χ1v) is 11.5. The second kappa shape index (κ2) is 10.3. The minimum absolute atomic E-state index is 0.0789. The van der Waals surface area contributed by atoms with Gasteiger partial charge in [0.1, 0.15) is 18.4 Å². The maximum absolute atomic E-state index is 12.9. The van der Waals surface area contributed by atoms with E-state index in [0.717, 1.165) is 24.1 Å². The van der Waals surface area contributed by atoms with E-state index >= 15 is 0 Å². The Morgan fingerprint density at radius 3 is 2.50 bits per heavy atom. The Morgan fingerprint density at radius 1 is 1.21 bits per heavy atom. The van der Waals surface area contributed by atoms with Crippen LogP contribution in [-0.4, -0.2) is 54.3 Å². The summed E-state index contributed by atoms with van der Waals surface area (Å²) in [6.45, 7) is 2.32. The number of hydrogen-bond acceptors (Lipinski definition) is 5. The molecular weight excluding hydrogens is 496 g/mol. The van der Waals surface area contributed by atoms with Crippen molar-refractivity contribution in [1.82, 2.24) is 10.2 Å². The van der Waals surface area contributed by atoms with Crippen LogP contribution in [0.2, 0.25) is 10.0 Å². The summed E-state index contributed by atoms with van der Waals surface area (Å²) in [6, 6.07) is 8.17. The van der Waals surface area contributed by atoms with E-state index in [1.165, 1.54) is 0 Å². The van der Waals surface area contributed by atoms with E-state index in [9.17, 15) is 23.1 Å². The summed E-state index contributed by atoms with van der Waals surface area (Å²) in [7, 11) is 0. The molecule has 0 aliphatic carbocycles. The number of rotatable bonds is 6. The predicted molar refractivity (Wildman–Crippen MR) is 120 cm³/mol. The molecule has 2 aromatic carbocycles. The molecule has 2 heterocycles. The highest BCUT2D eigenvalue weighted by atomic mass is 35.5. The van der Waals surface area contributed by atoms with Crippen molar-refractivity contribution < 1.29 is 32.5 Å². The van der Waals surface area contributed by atoms with Gasteiger partial charge in [-0.25, -0.2) is 0 Å². The zero-order chi connectivity index (χ0) is 24.5. The van der Waals surface area contributed by atoms with Crippen LogP contribution in [0, 0.1) is 0 Å². The van der Waals surface area contributed by atoms with Gasteiger partial charge in [-0.3, -0.25) is 9.69 Å². The summed E-state index contributed by atoms with van der Waals surface area (Å²) in [5.74, 6) is -0.352. The van der Waals surface area contributed by atoms with E-state index in [-0.39, 0.29) is 34.4 Å². The average Bonchev–Trinajstić information content (AvgIpc) is 3.29. The molecule has 0 aromatic heterocycles. The average molecular weight is 519 g/mol. The molecule has 11 heteroatoms. The first kappa shape index (κ1) is 25.1.